The van der Waals surface area contributed by atoms with E-state index < -0.39 is 0 Å². The number of halogens is 1. The first kappa shape index (κ1) is 9.45. The van der Waals surface area contributed by atoms with Crippen LogP contribution in [0.4, 0.5) is 0 Å². The van der Waals surface area contributed by atoms with Crippen molar-refractivity contribution in [3.63, 3.8) is 0 Å². The summed E-state index contributed by atoms with van der Waals surface area (Å²) in [5.41, 5.74) is 1.13. The lowest BCUT2D eigenvalue weighted by Crippen LogP contribution is -1.75. The Balaban J connectivity index is 2.18. The van der Waals surface area contributed by atoms with Crippen molar-refractivity contribution in [3.8, 4) is 10.6 Å². The molecular formula is C10H5BrN2S2. The highest BCUT2D eigenvalue weighted by Crippen LogP contribution is 2.30. The van der Waals surface area contributed by atoms with E-state index >= 15 is 0 Å². The summed E-state index contributed by atoms with van der Waals surface area (Å²) in [6.45, 7) is 0. The van der Waals surface area contributed by atoms with Crippen LogP contribution in [0.5, 0.6) is 0 Å². The molecule has 3 rings (SSSR count). The van der Waals surface area contributed by atoms with Gasteiger partial charge in [0.25, 0.3) is 0 Å². The van der Waals surface area contributed by atoms with Gasteiger partial charge in [-0.05, 0) is 44.9 Å². The minimum Gasteiger partial charge on any atom is -0.144 e. The third-order valence-electron chi connectivity index (χ3n) is 2.10. The van der Waals surface area contributed by atoms with Gasteiger partial charge in [-0.1, -0.05) is 17.4 Å². The number of rotatable bonds is 1. The first-order chi connectivity index (χ1) is 7.33. The molecule has 15 heavy (non-hydrogen) atoms. The van der Waals surface area contributed by atoms with E-state index in [1.807, 2.05) is 0 Å². The van der Waals surface area contributed by atoms with Crippen molar-refractivity contribution in [3.05, 3.63) is 33.6 Å². The van der Waals surface area contributed by atoms with Crippen LogP contribution in [0.2, 0.25) is 0 Å². The Kier molecular flexibility index (Phi) is 2.31. The second-order valence-electron chi connectivity index (χ2n) is 3.03. The fourth-order valence-electron chi connectivity index (χ4n) is 1.42. The Hall–Kier alpha value is -0.780. The number of hydrogen-bond acceptors (Lipinski definition) is 4. The van der Waals surface area contributed by atoms with Crippen LogP contribution in [-0.4, -0.2) is 10.2 Å². The van der Waals surface area contributed by atoms with Crippen LogP contribution in [0, 0.1) is 0 Å². The van der Waals surface area contributed by atoms with Gasteiger partial charge >= 0.3 is 0 Å². The summed E-state index contributed by atoms with van der Waals surface area (Å²) in [5.74, 6) is 0. The third kappa shape index (κ3) is 1.71. The highest BCUT2D eigenvalue weighted by atomic mass is 79.9. The molecule has 0 saturated heterocycles. The summed E-state index contributed by atoms with van der Waals surface area (Å²) in [4.78, 5) is 0. The molecule has 0 saturated carbocycles. The number of benzene rings is 1. The van der Waals surface area contributed by atoms with Gasteiger partial charge in [0.05, 0.1) is 0 Å². The summed E-state index contributed by atoms with van der Waals surface area (Å²) >= 11 is 6.62. The molecular weight excluding hydrogens is 292 g/mol. The second kappa shape index (κ2) is 3.66. The Bertz CT molecular complexity index is 614. The SMILES string of the molecule is Brc1nnc(-c2ccc3sccc3c2)s1. The normalized spacial score (nSPS) is 11.0. The topological polar surface area (TPSA) is 25.8 Å². The van der Waals surface area contributed by atoms with Crippen LogP contribution in [-0.2, 0) is 0 Å². The molecule has 0 radical (unpaired) electrons. The van der Waals surface area contributed by atoms with Gasteiger partial charge in [0.2, 0.25) is 0 Å². The zero-order chi connectivity index (χ0) is 10.3. The van der Waals surface area contributed by atoms with Gasteiger partial charge in [0, 0.05) is 10.3 Å². The summed E-state index contributed by atoms with van der Waals surface area (Å²) < 4.78 is 2.13. The Morgan fingerprint density at radius 3 is 2.87 bits per heavy atom. The second-order valence-corrected chi connectivity index (χ2v) is 6.23. The van der Waals surface area contributed by atoms with E-state index in [0.717, 1.165) is 14.5 Å². The van der Waals surface area contributed by atoms with Crippen molar-refractivity contribution in [2.75, 3.05) is 0 Å². The van der Waals surface area contributed by atoms with Gasteiger partial charge in [0.15, 0.2) is 3.92 Å². The fraction of sp³-hybridized carbons (Fsp3) is 0. The molecule has 0 spiro atoms. The molecule has 0 amide bonds. The predicted octanol–water partition coefficient (Wildman–Crippen LogP) is 4.18. The minimum absolute atomic E-state index is 0.822. The molecule has 74 valence electrons. The van der Waals surface area contributed by atoms with Gasteiger partial charge in [-0.2, -0.15) is 0 Å². The highest BCUT2D eigenvalue weighted by molar-refractivity contribution is 9.11. The highest BCUT2D eigenvalue weighted by Gasteiger charge is 2.05. The first-order valence-corrected chi connectivity index (χ1v) is 6.78. The molecule has 5 heteroatoms. The van der Waals surface area contributed by atoms with Crippen LogP contribution in [0.25, 0.3) is 20.7 Å². The predicted molar refractivity (Wildman–Crippen MR) is 68.4 cm³/mol. The van der Waals surface area contributed by atoms with Gasteiger partial charge < -0.3 is 0 Å². The van der Waals surface area contributed by atoms with Crippen LogP contribution >= 0.6 is 38.6 Å². The maximum absolute atomic E-state index is 4.10. The van der Waals surface area contributed by atoms with Crippen LogP contribution in [0.15, 0.2) is 33.6 Å². The maximum Gasteiger partial charge on any atom is 0.183 e. The molecule has 2 aromatic heterocycles. The van der Waals surface area contributed by atoms with Crippen molar-refractivity contribution in [1.82, 2.24) is 10.2 Å². The molecule has 0 unspecified atom stereocenters. The van der Waals surface area contributed by atoms with Crippen LogP contribution in [0.3, 0.4) is 0 Å². The average molecular weight is 297 g/mol. The molecule has 0 N–H and O–H groups in total. The largest absolute Gasteiger partial charge is 0.183 e. The van der Waals surface area contributed by atoms with E-state index in [-0.39, 0.29) is 0 Å². The number of nitrogens with zero attached hydrogens (tertiary/aromatic N) is 2. The van der Waals surface area contributed by atoms with Gasteiger partial charge in [0.1, 0.15) is 5.01 Å². The third-order valence-corrected chi connectivity index (χ3v) is 4.40. The molecule has 0 bridgehead atoms. The maximum atomic E-state index is 4.10. The van der Waals surface area contributed by atoms with Gasteiger partial charge in [-0.15, -0.1) is 21.5 Å². The van der Waals surface area contributed by atoms with Crippen molar-refractivity contribution >= 4 is 48.7 Å². The number of fused-ring (bicyclic) bond motifs is 1. The van der Waals surface area contributed by atoms with Crippen molar-refractivity contribution in [2.24, 2.45) is 0 Å². The van der Waals surface area contributed by atoms with Crippen LogP contribution < -0.4 is 0 Å². The lowest BCUT2D eigenvalue weighted by molar-refractivity contribution is 1.08. The van der Waals surface area contributed by atoms with Gasteiger partial charge in [-0.25, -0.2) is 0 Å². The van der Waals surface area contributed by atoms with E-state index in [4.69, 9.17) is 0 Å². The quantitative estimate of drug-likeness (QED) is 0.673. The van der Waals surface area contributed by atoms with E-state index in [2.05, 4.69) is 55.8 Å². The van der Waals surface area contributed by atoms with Crippen LogP contribution in [0.1, 0.15) is 0 Å². The lowest BCUT2D eigenvalue weighted by atomic mass is 10.2. The summed E-state index contributed by atoms with van der Waals surface area (Å²) in [6.07, 6.45) is 0. The molecule has 0 fully saturated rings. The number of thiophene rings is 1. The van der Waals surface area contributed by atoms with Gasteiger partial charge in [-0.3, -0.25) is 0 Å². The van der Waals surface area contributed by atoms with E-state index in [1.165, 1.54) is 10.1 Å². The van der Waals surface area contributed by atoms with Crippen molar-refractivity contribution in [2.45, 2.75) is 0 Å². The zero-order valence-corrected chi connectivity index (χ0v) is 10.7. The Morgan fingerprint density at radius 1 is 1.13 bits per heavy atom. The molecule has 2 nitrogen and oxygen atoms in total. The fourth-order valence-corrected chi connectivity index (χ4v) is 3.30. The smallest absolute Gasteiger partial charge is 0.144 e. The lowest BCUT2D eigenvalue weighted by Gasteiger charge is -1.94. The summed E-state index contributed by atoms with van der Waals surface area (Å²) in [6, 6.07) is 8.49. The Morgan fingerprint density at radius 2 is 2.07 bits per heavy atom. The summed E-state index contributed by atoms with van der Waals surface area (Å²) in [5, 5.41) is 12.4. The monoisotopic (exact) mass is 296 g/mol. The van der Waals surface area contributed by atoms with E-state index in [1.54, 1.807) is 22.7 Å². The molecule has 2 heterocycles. The van der Waals surface area contributed by atoms with Crippen molar-refractivity contribution < 1.29 is 0 Å². The van der Waals surface area contributed by atoms with Crippen molar-refractivity contribution in [1.29, 1.82) is 0 Å². The molecule has 1 aromatic carbocycles. The molecule has 0 aliphatic carbocycles. The Labute approximate surface area is 103 Å². The average Bonchev–Trinajstić information content (AvgIpc) is 2.84. The molecule has 3 aromatic rings. The first-order valence-electron chi connectivity index (χ1n) is 4.29. The number of hydrogen-bond donors (Lipinski definition) is 0. The van der Waals surface area contributed by atoms with E-state index in [9.17, 15) is 0 Å². The molecule has 0 atom stereocenters. The number of aromatic nitrogens is 2. The standard InChI is InChI=1S/C10H5BrN2S2/c11-10-13-12-9(15-10)7-1-2-8-6(5-7)3-4-14-8/h1-5H. The zero-order valence-electron chi connectivity index (χ0n) is 7.48. The molecule has 0 aliphatic heterocycles. The summed E-state index contributed by atoms with van der Waals surface area (Å²) in [7, 11) is 0. The molecule has 0 aliphatic rings. The minimum atomic E-state index is 0.822. The van der Waals surface area contributed by atoms with E-state index in [0.29, 0.717) is 0 Å².